The van der Waals surface area contributed by atoms with E-state index in [-0.39, 0.29) is 16.9 Å². The van der Waals surface area contributed by atoms with E-state index in [2.05, 4.69) is 6.58 Å². The number of benzene rings is 3. The van der Waals surface area contributed by atoms with Gasteiger partial charge in [-0.25, -0.2) is 13.2 Å². The van der Waals surface area contributed by atoms with Crippen LogP contribution in [0.1, 0.15) is 30.0 Å². The number of rotatable bonds is 8. The summed E-state index contributed by atoms with van der Waals surface area (Å²) in [5, 5.41) is 0.921. The van der Waals surface area contributed by atoms with Crippen molar-refractivity contribution >= 4 is 22.4 Å². The molecule has 0 unspecified atom stereocenters. The lowest BCUT2D eigenvalue weighted by molar-refractivity contribution is 0.363. The van der Waals surface area contributed by atoms with Gasteiger partial charge in [-0.3, -0.25) is 0 Å². The van der Waals surface area contributed by atoms with Crippen LogP contribution in [0.15, 0.2) is 79.4 Å². The van der Waals surface area contributed by atoms with Gasteiger partial charge in [0.1, 0.15) is 18.2 Å². The molecule has 0 N–H and O–H groups in total. The van der Waals surface area contributed by atoms with Gasteiger partial charge in [0.25, 0.3) is 0 Å². The van der Waals surface area contributed by atoms with Gasteiger partial charge in [-0.1, -0.05) is 49.1 Å². The Balaban J connectivity index is 1.89. The Hall–Kier alpha value is -3.27. The van der Waals surface area contributed by atoms with Crippen LogP contribution in [0, 0.1) is 5.82 Å². The average Bonchev–Trinajstić information content (AvgIpc) is 2.78. The van der Waals surface area contributed by atoms with E-state index >= 15 is 0 Å². The molecule has 0 heterocycles. The predicted molar refractivity (Wildman–Crippen MR) is 118 cm³/mol. The summed E-state index contributed by atoms with van der Waals surface area (Å²) in [4.78, 5) is 0. The molecule has 0 saturated heterocycles. The minimum atomic E-state index is -0.991. The minimum Gasteiger partial charge on any atom is -0.490 e. The Bertz CT molecular complexity index is 1100. The van der Waals surface area contributed by atoms with Gasteiger partial charge in [0.2, 0.25) is 0 Å². The Morgan fingerprint density at radius 1 is 0.967 bits per heavy atom. The zero-order valence-electron chi connectivity index (χ0n) is 16.8. The van der Waals surface area contributed by atoms with Gasteiger partial charge in [0.15, 0.2) is 11.7 Å². The summed E-state index contributed by atoms with van der Waals surface area (Å²) in [7, 11) is 0. The Morgan fingerprint density at radius 2 is 1.67 bits per heavy atom. The molecule has 0 saturated carbocycles. The lowest BCUT2D eigenvalue weighted by Crippen LogP contribution is -1.93. The van der Waals surface area contributed by atoms with Crippen molar-refractivity contribution in [2.24, 2.45) is 0 Å². The van der Waals surface area contributed by atoms with E-state index < -0.39 is 11.7 Å². The third kappa shape index (κ3) is 4.82. The molecule has 4 heteroatoms. The smallest absolute Gasteiger partial charge is 0.166 e. The molecule has 1 nitrogen and oxygen atoms in total. The first kappa shape index (κ1) is 21.4. The first-order valence-corrected chi connectivity index (χ1v) is 9.77. The average molecular weight is 408 g/mol. The van der Waals surface area contributed by atoms with Crippen LogP contribution in [0.3, 0.4) is 0 Å². The van der Waals surface area contributed by atoms with Crippen LogP contribution in [-0.4, -0.2) is 6.61 Å². The van der Waals surface area contributed by atoms with Gasteiger partial charge in [-0.05, 0) is 61.0 Å². The highest BCUT2D eigenvalue weighted by molar-refractivity contribution is 5.90. The lowest BCUT2D eigenvalue weighted by atomic mass is 10.00. The van der Waals surface area contributed by atoms with Crippen molar-refractivity contribution in [1.29, 1.82) is 0 Å². The van der Waals surface area contributed by atoms with Gasteiger partial charge in [0, 0.05) is 16.5 Å². The number of fused-ring (bicyclic) bond motifs is 1. The predicted octanol–water partition coefficient (Wildman–Crippen LogP) is 7.82. The first-order chi connectivity index (χ1) is 14.5. The van der Waals surface area contributed by atoms with Gasteiger partial charge >= 0.3 is 0 Å². The second kappa shape index (κ2) is 9.97. The Kier molecular flexibility index (Phi) is 7.12. The lowest BCUT2D eigenvalue weighted by Gasteiger charge is -2.08. The van der Waals surface area contributed by atoms with Crippen molar-refractivity contribution in [2.45, 2.75) is 19.8 Å². The van der Waals surface area contributed by atoms with Gasteiger partial charge in [-0.15, -0.1) is 0 Å². The van der Waals surface area contributed by atoms with Crippen molar-refractivity contribution < 1.29 is 17.9 Å². The van der Waals surface area contributed by atoms with E-state index in [1.54, 1.807) is 30.3 Å². The van der Waals surface area contributed by atoms with E-state index in [1.807, 2.05) is 19.1 Å². The van der Waals surface area contributed by atoms with Crippen molar-refractivity contribution in [3.8, 4) is 5.75 Å². The fourth-order valence-corrected chi connectivity index (χ4v) is 3.18. The summed E-state index contributed by atoms with van der Waals surface area (Å²) >= 11 is 0. The minimum absolute atomic E-state index is 0.0630. The number of hydrogen-bond donors (Lipinski definition) is 0. The van der Waals surface area contributed by atoms with E-state index in [9.17, 15) is 13.2 Å². The van der Waals surface area contributed by atoms with Crippen LogP contribution >= 0.6 is 0 Å². The Labute approximate surface area is 174 Å². The third-order valence-corrected chi connectivity index (χ3v) is 4.77. The number of aryl methyl sites for hydroxylation is 1. The van der Waals surface area contributed by atoms with Crippen LogP contribution in [0.4, 0.5) is 13.2 Å². The highest BCUT2D eigenvalue weighted by Crippen LogP contribution is 2.32. The molecule has 0 radical (unpaired) electrons. The van der Waals surface area contributed by atoms with Gasteiger partial charge < -0.3 is 4.74 Å². The summed E-state index contributed by atoms with van der Waals surface area (Å²) < 4.78 is 49.6. The number of hydrogen-bond acceptors (Lipinski definition) is 1. The summed E-state index contributed by atoms with van der Waals surface area (Å²) in [6.07, 6.45) is 6.84. The normalized spacial score (nSPS) is 12.3. The maximum absolute atomic E-state index is 14.8. The van der Waals surface area contributed by atoms with E-state index in [0.717, 1.165) is 6.42 Å². The van der Waals surface area contributed by atoms with Crippen LogP contribution < -0.4 is 4.74 Å². The van der Waals surface area contributed by atoms with E-state index in [1.165, 1.54) is 30.3 Å². The van der Waals surface area contributed by atoms with Crippen molar-refractivity contribution in [3.63, 3.8) is 0 Å². The van der Waals surface area contributed by atoms with Crippen LogP contribution in [-0.2, 0) is 6.42 Å². The molecule has 0 aliphatic rings. The quantitative estimate of drug-likeness (QED) is 0.273. The molecule has 30 heavy (non-hydrogen) atoms. The highest BCUT2D eigenvalue weighted by atomic mass is 19.2. The number of ether oxygens (including phenoxy) is 1. The molecule has 3 rings (SSSR count). The molecule has 3 aromatic carbocycles. The Morgan fingerprint density at radius 3 is 2.37 bits per heavy atom. The summed E-state index contributed by atoms with van der Waals surface area (Å²) in [6.45, 7) is 5.81. The molecule has 0 bridgehead atoms. The fourth-order valence-electron chi connectivity index (χ4n) is 3.18. The van der Waals surface area contributed by atoms with E-state index in [4.69, 9.17) is 4.74 Å². The zero-order valence-corrected chi connectivity index (χ0v) is 16.8. The standard InChI is InChI=1S/C26H23F3O/c1-3-5-6-7-18-8-9-20-17-21(12-15-23(20)24(18)27)26(29)25(28)19-10-13-22(14-11-19)30-16-4-2/h3-5,8-15,17H,2,6-7,16H2,1H3/b5-3+,26-25?. The molecule has 0 amide bonds. The van der Waals surface area contributed by atoms with Crippen molar-refractivity contribution in [2.75, 3.05) is 6.61 Å². The number of allylic oxidation sites excluding steroid dienone is 2. The zero-order chi connectivity index (χ0) is 21.5. The molecule has 0 spiro atoms. The van der Waals surface area contributed by atoms with Gasteiger partial charge in [0.05, 0.1) is 0 Å². The first-order valence-electron chi connectivity index (χ1n) is 9.77. The largest absolute Gasteiger partial charge is 0.490 e. The maximum Gasteiger partial charge on any atom is 0.166 e. The van der Waals surface area contributed by atoms with Crippen LogP contribution in [0.2, 0.25) is 0 Å². The molecule has 3 aromatic rings. The molecule has 0 atom stereocenters. The third-order valence-electron chi connectivity index (χ3n) is 4.77. The van der Waals surface area contributed by atoms with Gasteiger partial charge in [-0.2, -0.15) is 0 Å². The van der Waals surface area contributed by atoms with Crippen LogP contribution in [0.25, 0.3) is 22.4 Å². The monoisotopic (exact) mass is 408 g/mol. The fraction of sp³-hybridized carbons (Fsp3) is 0.154. The summed E-state index contributed by atoms with van der Waals surface area (Å²) in [6, 6.07) is 13.8. The molecular formula is C26H23F3O. The topological polar surface area (TPSA) is 9.23 Å². The maximum atomic E-state index is 14.8. The molecule has 154 valence electrons. The second-order valence-corrected chi connectivity index (χ2v) is 6.83. The molecule has 0 aliphatic heterocycles. The molecule has 0 fully saturated rings. The molecular weight excluding hydrogens is 385 g/mol. The molecule has 0 aromatic heterocycles. The highest BCUT2D eigenvalue weighted by Gasteiger charge is 2.14. The SMILES string of the molecule is C=CCOc1ccc(C(F)=C(F)c2ccc3c(F)c(CC/C=C/C)ccc3c2)cc1. The second-order valence-electron chi connectivity index (χ2n) is 6.83. The van der Waals surface area contributed by atoms with Crippen molar-refractivity contribution in [3.05, 3.63) is 102 Å². The summed E-state index contributed by atoms with van der Waals surface area (Å²) in [5.41, 5.74) is 0.770. The summed E-state index contributed by atoms with van der Waals surface area (Å²) in [5.74, 6) is -1.75. The van der Waals surface area contributed by atoms with E-state index in [0.29, 0.717) is 35.1 Å². The van der Waals surface area contributed by atoms with Crippen molar-refractivity contribution in [1.82, 2.24) is 0 Å². The van der Waals surface area contributed by atoms with Crippen LogP contribution in [0.5, 0.6) is 5.75 Å². The molecule has 0 aliphatic carbocycles. The number of halogens is 3.